The lowest BCUT2D eigenvalue weighted by atomic mass is 9.87. The van der Waals surface area contributed by atoms with E-state index >= 15 is 0 Å². The molecule has 1 aliphatic rings. The van der Waals surface area contributed by atoms with Gasteiger partial charge in [0.2, 0.25) is 0 Å². The molecule has 0 radical (unpaired) electrons. The Morgan fingerprint density at radius 3 is 2.79 bits per heavy atom. The highest BCUT2D eigenvalue weighted by Gasteiger charge is 2.24. The van der Waals surface area contributed by atoms with Crippen LogP contribution in [0.2, 0.25) is 0 Å². The minimum Gasteiger partial charge on any atom is -0.481 e. The largest absolute Gasteiger partial charge is 0.481 e. The predicted octanol–water partition coefficient (Wildman–Crippen LogP) is 4.21. The van der Waals surface area contributed by atoms with E-state index in [4.69, 9.17) is 4.74 Å². The minimum atomic E-state index is -0.508. The van der Waals surface area contributed by atoms with Crippen LogP contribution in [0, 0.1) is 0 Å². The van der Waals surface area contributed by atoms with E-state index in [0.29, 0.717) is 0 Å². The number of carbonyl (C=O) groups excluding carboxylic acids is 1. The molecule has 3 rings (SSSR count). The van der Waals surface area contributed by atoms with Crippen molar-refractivity contribution in [3.05, 3.63) is 65.2 Å². The third-order valence-corrected chi connectivity index (χ3v) is 4.71. The van der Waals surface area contributed by atoms with Crippen molar-refractivity contribution >= 4 is 5.91 Å². The molecular formula is C21H25NO2. The number of hydrogen-bond donors (Lipinski definition) is 1. The van der Waals surface area contributed by atoms with Crippen molar-refractivity contribution in [3.63, 3.8) is 0 Å². The molecule has 0 heterocycles. The quantitative estimate of drug-likeness (QED) is 0.895. The smallest absolute Gasteiger partial charge is 0.261 e. The van der Waals surface area contributed by atoms with Crippen LogP contribution in [-0.4, -0.2) is 12.0 Å². The first kappa shape index (κ1) is 16.6. The Labute approximate surface area is 144 Å². The fourth-order valence-electron chi connectivity index (χ4n) is 3.35. The molecule has 0 fully saturated rings. The molecule has 0 saturated heterocycles. The number of benzene rings is 2. The maximum Gasteiger partial charge on any atom is 0.261 e. The molecule has 1 N–H and O–H groups in total. The third kappa shape index (κ3) is 3.61. The van der Waals surface area contributed by atoms with Gasteiger partial charge in [0.15, 0.2) is 6.10 Å². The van der Waals surface area contributed by atoms with Gasteiger partial charge in [-0.2, -0.15) is 0 Å². The normalized spacial score (nSPS) is 17.7. The summed E-state index contributed by atoms with van der Waals surface area (Å²) in [5, 5.41) is 3.17. The predicted molar refractivity (Wildman–Crippen MR) is 96.2 cm³/mol. The highest BCUT2D eigenvalue weighted by Crippen LogP contribution is 2.29. The molecule has 1 aliphatic carbocycles. The summed E-state index contributed by atoms with van der Waals surface area (Å²) in [6.07, 6.45) is 3.57. The molecule has 3 nitrogen and oxygen atoms in total. The number of amides is 1. The van der Waals surface area contributed by atoms with Gasteiger partial charge in [0.05, 0.1) is 6.04 Å². The standard InChI is InChI=1S/C21H25NO2/c1-3-16-9-5-7-14-20(16)24-15(2)21(23)22-19-13-8-11-17-10-4-6-12-18(17)19/h4-7,9-10,12,14-15,19H,3,8,11,13H2,1-2H3,(H,22,23)/t15-,19+/m0/s1. The number of nitrogens with one attached hydrogen (secondary N) is 1. The maximum atomic E-state index is 12.6. The Morgan fingerprint density at radius 1 is 1.21 bits per heavy atom. The molecule has 2 aromatic rings. The first-order chi connectivity index (χ1) is 11.7. The van der Waals surface area contributed by atoms with Crippen LogP contribution in [0.3, 0.4) is 0 Å². The summed E-state index contributed by atoms with van der Waals surface area (Å²) in [4.78, 5) is 12.6. The molecule has 2 atom stereocenters. The summed E-state index contributed by atoms with van der Waals surface area (Å²) in [6.45, 7) is 3.91. The molecule has 3 heteroatoms. The Kier molecular flexibility index (Phi) is 5.19. The maximum absolute atomic E-state index is 12.6. The molecule has 0 bridgehead atoms. The van der Waals surface area contributed by atoms with Crippen molar-refractivity contribution in [1.29, 1.82) is 0 Å². The summed E-state index contributed by atoms with van der Waals surface area (Å²) < 4.78 is 5.92. The van der Waals surface area contributed by atoms with Gasteiger partial charge in [-0.3, -0.25) is 4.79 Å². The number of ether oxygens (including phenoxy) is 1. The SMILES string of the molecule is CCc1ccccc1O[C@@H](C)C(=O)N[C@@H]1CCCc2ccccc21. The molecule has 0 saturated carbocycles. The van der Waals surface area contributed by atoms with Crippen LogP contribution < -0.4 is 10.1 Å². The zero-order valence-electron chi connectivity index (χ0n) is 14.4. The number of para-hydroxylation sites is 1. The second-order valence-electron chi connectivity index (χ2n) is 6.37. The number of hydrogen-bond acceptors (Lipinski definition) is 2. The van der Waals surface area contributed by atoms with Crippen LogP contribution in [0.25, 0.3) is 0 Å². The van der Waals surface area contributed by atoms with Gasteiger partial charge in [-0.25, -0.2) is 0 Å². The van der Waals surface area contributed by atoms with Crippen LogP contribution in [0.15, 0.2) is 48.5 Å². The summed E-state index contributed by atoms with van der Waals surface area (Å²) in [6, 6.07) is 16.4. The van der Waals surface area contributed by atoms with Crippen molar-refractivity contribution in [2.75, 3.05) is 0 Å². The Morgan fingerprint density at radius 2 is 1.96 bits per heavy atom. The summed E-state index contributed by atoms with van der Waals surface area (Å²) in [5.41, 5.74) is 3.72. The fourth-order valence-corrected chi connectivity index (χ4v) is 3.35. The summed E-state index contributed by atoms with van der Waals surface area (Å²) in [5.74, 6) is 0.745. The summed E-state index contributed by atoms with van der Waals surface area (Å²) in [7, 11) is 0. The number of rotatable bonds is 5. The van der Waals surface area contributed by atoms with Gasteiger partial charge in [0, 0.05) is 0 Å². The van der Waals surface area contributed by atoms with Crippen LogP contribution in [0.1, 0.15) is 49.4 Å². The van der Waals surface area contributed by atoms with Crippen LogP contribution in [0.5, 0.6) is 5.75 Å². The highest BCUT2D eigenvalue weighted by atomic mass is 16.5. The molecule has 24 heavy (non-hydrogen) atoms. The topological polar surface area (TPSA) is 38.3 Å². The van der Waals surface area contributed by atoms with E-state index in [0.717, 1.165) is 37.0 Å². The monoisotopic (exact) mass is 323 g/mol. The first-order valence-corrected chi connectivity index (χ1v) is 8.81. The third-order valence-electron chi connectivity index (χ3n) is 4.71. The van der Waals surface area contributed by atoms with Gasteiger partial charge >= 0.3 is 0 Å². The van der Waals surface area contributed by atoms with Gasteiger partial charge < -0.3 is 10.1 Å². The molecular weight excluding hydrogens is 298 g/mol. The minimum absolute atomic E-state index is 0.0531. The van der Waals surface area contributed by atoms with E-state index in [2.05, 4.69) is 30.4 Å². The number of carbonyl (C=O) groups is 1. The van der Waals surface area contributed by atoms with E-state index < -0.39 is 6.10 Å². The van der Waals surface area contributed by atoms with Gasteiger partial charge in [-0.1, -0.05) is 49.4 Å². The van der Waals surface area contributed by atoms with Crippen LogP contribution in [0.4, 0.5) is 0 Å². The van der Waals surface area contributed by atoms with E-state index in [-0.39, 0.29) is 11.9 Å². The average Bonchev–Trinajstić information content (AvgIpc) is 2.62. The number of fused-ring (bicyclic) bond motifs is 1. The van der Waals surface area contributed by atoms with Gasteiger partial charge in [0.25, 0.3) is 5.91 Å². The van der Waals surface area contributed by atoms with Crippen molar-refractivity contribution in [2.45, 2.75) is 51.7 Å². The second-order valence-corrected chi connectivity index (χ2v) is 6.37. The van der Waals surface area contributed by atoms with Crippen LogP contribution >= 0.6 is 0 Å². The molecule has 2 aromatic carbocycles. The zero-order valence-corrected chi connectivity index (χ0v) is 14.4. The van der Waals surface area contributed by atoms with Gasteiger partial charge in [-0.05, 0) is 55.4 Å². The van der Waals surface area contributed by atoms with Gasteiger partial charge in [-0.15, -0.1) is 0 Å². The first-order valence-electron chi connectivity index (χ1n) is 8.81. The van der Waals surface area contributed by atoms with E-state index in [1.54, 1.807) is 0 Å². The molecule has 0 unspecified atom stereocenters. The zero-order chi connectivity index (χ0) is 16.9. The van der Waals surface area contributed by atoms with E-state index in [1.807, 2.05) is 37.3 Å². The van der Waals surface area contributed by atoms with Crippen LogP contribution in [-0.2, 0) is 17.6 Å². The Hall–Kier alpha value is -2.29. The van der Waals surface area contributed by atoms with Crippen molar-refractivity contribution < 1.29 is 9.53 Å². The summed E-state index contributed by atoms with van der Waals surface area (Å²) >= 11 is 0. The van der Waals surface area contributed by atoms with Crippen molar-refractivity contribution in [3.8, 4) is 5.75 Å². The Bertz CT molecular complexity index is 710. The second kappa shape index (κ2) is 7.52. The molecule has 0 aliphatic heterocycles. The van der Waals surface area contributed by atoms with Gasteiger partial charge in [0.1, 0.15) is 5.75 Å². The lowest BCUT2D eigenvalue weighted by Crippen LogP contribution is -2.39. The lowest BCUT2D eigenvalue weighted by molar-refractivity contribution is -0.128. The van der Waals surface area contributed by atoms with E-state index in [9.17, 15) is 4.79 Å². The lowest BCUT2D eigenvalue weighted by Gasteiger charge is -2.27. The van der Waals surface area contributed by atoms with Crippen molar-refractivity contribution in [1.82, 2.24) is 5.32 Å². The average molecular weight is 323 g/mol. The highest BCUT2D eigenvalue weighted by molar-refractivity contribution is 5.81. The Balaban J connectivity index is 1.67. The molecule has 1 amide bonds. The molecule has 0 aromatic heterocycles. The van der Waals surface area contributed by atoms with Crippen molar-refractivity contribution in [2.24, 2.45) is 0 Å². The number of aryl methyl sites for hydroxylation is 2. The fraction of sp³-hybridized carbons (Fsp3) is 0.381. The van der Waals surface area contributed by atoms with E-state index in [1.165, 1.54) is 11.1 Å². The molecule has 126 valence electrons. The molecule has 0 spiro atoms.